The van der Waals surface area contributed by atoms with E-state index in [0.717, 1.165) is 27.5 Å². The number of aryl methyl sites for hydroxylation is 1. The number of fused-ring (bicyclic) bond motifs is 1. The Morgan fingerprint density at radius 2 is 1.70 bits per heavy atom. The molecular formula is C18H14O2. The van der Waals surface area contributed by atoms with Gasteiger partial charge in [0.1, 0.15) is 0 Å². The van der Waals surface area contributed by atoms with Gasteiger partial charge in [-0.05, 0) is 46.5 Å². The van der Waals surface area contributed by atoms with Gasteiger partial charge in [-0.3, -0.25) is 0 Å². The van der Waals surface area contributed by atoms with Crippen molar-refractivity contribution in [3.05, 3.63) is 71.8 Å². The predicted octanol–water partition coefficient (Wildman–Crippen LogP) is 4.51. The van der Waals surface area contributed by atoms with Crippen LogP contribution in [0.4, 0.5) is 0 Å². The quantitative estimate of drug-likeness (QED) is 0.737. The van der Waals surface area contributed by atoms with Crippen LogP contribution in [-0.2, 0) is 0 Å². The monoisotopic (exact) mass is 262 g/mol. The lowest BCUT2D eigenvalue weighted by Gasteiger charge is -2.09. The van der Waals surface area contributed by atoms with E-state index in [-0.39, 0.29) is 0 Å². The van der Waals surface area contributed by atoms with Gasteiger partial charge in [0.25, 0.3) is 0 Å². The minimum Gasteiger partial charge on any atom is -0.478 e. The molecule has 0 fully saturated rings. The molecule has 0 bridgehead atoms. The van der Waals surface area contributed by atoms with Gasteiger partial charge in [0, 0.05) is 0 Å². The lowest BCUT2D eigenvalue weighted by atomic mass is 9.95. The first-order valence-electron chi connectivity index (χ1n) is 6.48. The van der Waals surface area contributed by atoms with Crippen molar-refractivity contribution in [2.45, 2.75) is 6.92 Å². The Balaban J connectivity index is 2.28. The predicted molar refractivity (Wildman–Crippen MR) is 81.1 cm³/mol. The molecule has 2 heteroatoms. The number of hydrogen-bond acceptors (Lipinski definition) is 1. The summed E-state index contributed by atoms with van der Waals surface area (Å²) in [6.07, 6.45) is 0. The molecule has 0 spiro atoms. The molecule has 98 valence electrons. The van der Waals surface area contributed by atoms with Gasteiger partial charge in [0.2, 0.25) is 0 Å². The largest absolute Gasteiger partial charge is 0.478 e. The van der Waals surface area contributed by atoms with E-state index in [0.29, 0.717) is 5.56 Å². The first-order valence-corrected chi connectivity index (χ1v) is 6.48. The third kappa shape index (κ3) is 2.16. The topological polar surface area (TPSA) is 37.3 Å². The maximum absolute atomic E-state index is 11.2. The highest BCUT2D eigenvalue weighted by atomic mass is 16.4. The van der Waals surface area contributed by atoms with Crippen LogP contribution in [0.5, 0.6) is 0 Å². The molecule has 0 unspecified atom stereocenters. The van der Waals surface area contributed by atoms with Gasteiger partial charge in [-0.25, -0.2) is 4.79 Å². The fourth-order valence-electron chi connectivity index (χ4n) is 2.54. The number of hydrogen-bond donors (Lipinski definition) is 1. The molecule has 0 aliphatic carbocycles. The lowest BCUT2D eigenvalue weighted by Crippen LogP contribution is -1.97. The standard InChI is InChI=1S/C18H14O2/c1-12-9-14(11-15(10-12)18(19)20)17-8-4-6-13-5-2-3-7-16(13)17/h2-11H,1H3,(H,19,20). The number of benzene rings is 3. The summed E-state index contributed by atoms with van der Waals surface area (Å²) in [6.45, 7) is 1.92. The Labute approximate surface area is 117 Å². The summed E-state index contributed by atoms with van der Waals surface area (Å²) in [5.74, 6) is -0.893. The third-order valence-corrected chi connectivity index (χ3v) is 3.42. The number of carboxylic acid groups (broad SMARTS) is 1. The molecule has 0 saturated heterocycles. The van der Waals surface area contributed by atoms with Gasteiger partial charge in [-0.2, -0.15) is 0 Å². The summed E-state index contributed by atoms with van der Waals surface area (Å²) in [6, 6.07) is 19.7. The fourth-order valence-corrected chi connectivity index (χ4v) is 2.54. The molecule has 0 saturated carbocycles. The zero-order valence-electron chi connectivity index (χ0n) is 11.1. The number of rotatable bonds is 2. The van der Waals surface area contributed by atoms with Gasteiger partial charge in [-0.15, -0.1) is 0 Å². The van der Waals surface area contributed by atoms with Crippen LogP contribution in [0.2, 0.25) is 0 Å². The van der Waals surface area contributed by atoms with Crippen LogP contribution >= 0.6 is 0 Å². The molecule has 0 atom stereocenters. The number of aromatic carboxylic acids is 1. The van der Waals surface area contributed by atoms with Crippen LogP contribution in [0.25, 0.3) is 21.9 Å². The third-order valence-electron chi connectivity index (χ3n) is 3.42. The van der Waals surface area contributed by atoms with Gasteiger partial charge in [0.05, 0.1) is 5.56 Å². The van der Waals surface area contributed by atoms with Crippen molar-refractivity contribution in [3.63, 3.8) is 0 Å². The van der Waals surface area contributed by atoms with Crippen LogP contribution in [0.1, 0.15) is 15.9 Å². The van der Waals surface area contributed by atoms with Crippen LogP contribution in [0, 0.1) is 6.92 Å². The first kappa shape index (κ1) is 12.4. The summed E-state index contributed by atoms with van der Waals surface area (Å²) >= 11 is 0. The van der Waals surface area contributed by atoms with E-state index in [1.165, 1.54) is 0 Å². The SMILES string of the molecule is Cc1cc(C(=O)O)cc(-c2cccc3ccccc23)c1. The van der Waals surface area contributed by atoms with Crippen LogP contribution in [0.15, 0.2) is 60.7 Å². The Morgan fingerprint density at radius 1 is 0.950 bits per heavy atom. The second-order valence-electron chi connectivity index (χ2n) is 4.92. The zero-order valence-corrected chi connectivity index (χ0v) is 11.1. The highest BCUT2D eigenvalue weighted by Crippen LogP contribution is 2.29. The van der Waals surface area contributed by atoms with Gasteiger partial charge < -0.3 is 5.11 Å². The Kier molecular flexibility index (Phi) is 2.99. The molecular weight excluding hydrogens is 248 g/mol. The molecule has 3 aromatic carbocycles. The van der Waals surface area contributed by atoms with Crippen molar-refractivity contribution in [1.82, 2.24) is 0 Å². The number of carboxylic acids is 1. The first-order chi connectivity index (χ1) is 9.65. The van der Waals surface area contributed by atoms with Crippen molar-refractivity contribution in [3.8, 4) is 11.1 Å². The average molecular weight is 262 g/mol. The maximum Gasteiger partial charge on any atom is 0.335 e. The highest BCUT2D eigenvalue weighted by molar-refractivity contribution is 5.98. The van der Waals surface area contributed by atoms with E-state index >= 15 is 0 Å². The Bertz CT molecular complexity index is 798. The molecule has 2 nitrogen and oxygen atoms in total. The fraction of sp³-hybridized carbons (Fsp3) is 0.0556. The van der Waals surface area contributed by atoms with E-state index in [2.05, 4.69) is 18.2 Å². The van der Waals surface area contributed by atoms with Crippen molar-refractivity contribution in [1.29, 1.82) is 0 Å². The summed E-state index contributed by atoms with van der Waals surface area (Å²) in [5, 5.41) is 11.5. The second kappa shape index (κ2) is 4.82. The molecule has 3 aromatic rings. The molecule has 1 N–H and O–H groups in total. The maximum atomic E-state index is 11.2. The number of carbonyl (C=O) groups is 1. The molecule has 0 radical (unpaired) electrons. The van der Waals surface area contributed by atoms with E-state index in [4.69, 9.17) is 0 Å². The Hall–Kier alpha value is -2.61. The lowest BCUT2D eigenvalue weighted by molar-refractivity contribution is 0.0697. The van der Waals surface area contributed by atoms with E-state index < -0.39 is 5.97 Å². The van der Waals surface area contributed by atoms with Crippen LogP contribution < -0.4 is 0 Å². The average Bonchev–Trinajstić information content (AvgIpc) is 2.46. The second-order valence-corrected chi connectivity index (χ2v) is 4.92. The zero-order chi connectivity index (χ0) is 14.1. The van der Waals surface area contributed by atoms with Gasteiger partial charge in [-0.1, -0.05) is 48.5 Å². The van der Waals surface area contributed by atoms with Crippen molar-refractivity contribution >= 4 is 16.7 Å². The summed E-state index contributed by atoms with van der Waals surface area (Å²) in [7, 11) is 0. The smallest absolute Gasteiger partial charge is 0.335 e. The summed E-state index contributed by atoms with van der Waals surface area (Å²) in [5.41, 5.74) is 3.29. The highest BCUT2D eigenvalue weighted by Gasteiger charge is 2.08. The molecule has 0 heterocycles. The summed E-state index contributed by atoms with van der Waals surface area (Å²) < 4.78 is 0. The van der Waals surface area contributed by atoms with E-state index in [1.54, 1.807) is 12.1 Å². The normalized spacial score (nSPS) is 10.7. The minimum absolute atomic E-state index is 0.327. The van der Waals surface area contributed by atoms with Gasteiger partial charge in [0.15, 0.2) is 0 Å². The minimum atomic E-state index is -0.893. The van der Waals surface area contributed by atoms with E-state index in [1.807, 2.05) is 37.3 Å². The Morgan fingerprint density at radius 3 is 2.50 bits per heavy atom. The molecule has 0 aliphatic heterocycles. The summed E-state index contributed by atoms with van der Waals surface area (Å²) in [4.78, 5) is 11.2. The molecule has 0 aliphatic rings. The van der Waals surface area contributed by atoms with Crippen LogP contribution in [-0.4, -0.2) is 11.1 Å². The molecule has 0 amide bonds. The van der Waals surface area contributed by atoms with Crippen LogP contribution in [0.3, 0.4) is 0 Å². The van der Waals surface area contributed by atoms with Crippen molar-refractivity contribution in [2.75, 3.05) is 0 Å². The van der Waals surface area contributed by atoms with Crippen molar-refractivity contribution in [2.24, 2.45) is 0 Å². The molecule has 3 rings (SSSR count). The molecule has 0 aromatic heterocycles. The molecule has 20 heavy (non-hydrogen) atoms. The van der Waals surface area contributed by atoms with Crippen molar-refractivity contribution < 1.29 is 9.90 Å². The van der Waals surface area contributed by atoms with Gasteiger partial charge >= 0.3 is 5.97 Å². The van der Waals surface area contributed by atoms with E-state index in [9.17, 15) is 9.90 Å².